The van der Waals surface area contributed by atoms with E-state index < -0.39 is 5.60 Å². The third-order valence-corrected chi connectivity index (χ3v) is 6.31. The topological polar surface area (TPSA) is 70.4 Å². The number of rotatable bonds is 10. The molecule has 3 aromatic carbocycles. The largest absolute Gasteiger partial charge is 0.395 e. The minimum absolute atomic E-state index is 0.00117. The molecule has 0 spiro atoms. The number of nitrogens with zero attached hydrogens (tertiary/aromatic N) is 3. The molecule has 0 aromatic heterocycles. The highest BCUT2D eigenvalue weighted by Crippen LogP contribution is 2.40. The maximum absolute atomic E-state index is 12.4. The van der Waals surface area contributed by atoms with Crippen molar-refractivity contribution in [2.45, 2.75) is 12.5 Å². The Kier molecular flexibility index (Phi) is 8.20. The minimum atomic E-state index is -1.35. The summed E-state index contributed by atoms with van der Waals surface area (Å²) >= 11 is 0. The van der Waals surface area contributed by atoms with Gasteiger partial charge in [0.15, 0.2) is 0 Å². The highest BCUT2D eigenvalue weighted by Gasteiger charge is 2.35. The lowest BCUT2D eigenvalue weighted by Gasteiger charge is -2.33. The van der Waals surface area contributed by atoms with E-state index in [1.807, 2.05) is 117 Å². The molecule has 6 nitrogen and oxygen atoms in total. The summed E-state index contributed by atoms with van der Waals surface area (Å²) < 4.78 is 0. The van der Waals surface area contributed by atoms with Crippen LogP contribution in [0.2, 0.25) is 0 Å². The van der Waals surface area contributed by atoms with E-state index in [1.54, 1.807) is 0 Å². The van der Waals surface area contributed by atoms with Crippen molar-refractivity contribution in [3.05, 3.63) is 89.0 Å². The molecule has 0 amide bonds. The molecule has 34 heavy (non-hydrogen) atoms. The summed E-state index contributed by atoms with van der Waals surface area (Å²) in [6, 6.07) is 21.9. The summed E-state index contributed by atoms with van der Waals surface area (Å²) in [4.78, 5) is 6.00. The molecule has 0 heterocycles. The van der Waals surface area contributed by atoms with Crippen LogP contribution < -0.4 is 14.7 Å². The normalized spacial score (nSPS) is 11.4. The monoisotopic (exact) mass is 463 g/mol. The molecule has 0 aliphatic rings. The second-order valence-electron chi connectivity index (χ2n) is 9.03. The molecule has 6 heteroatoms. The summed E-state index contributed by atoms with van der Waals surface area (Å²) in [6.07, 6.45) is 0. The molecule has 0 aliphatic heterocycles. The van der Waals surface area contributed by atoms with E-state index in [4.69, 9.17) is 0 Å². The van der Waals surface area contributed by atoms with Gasteiger partial charge in [-0.05, 0) is 65.6 Å². The van der Waals surface area contributed by atoms with E-state index >= 15 is 0 Å². The Morgan fingerprint density at radius 2 is 1.06 bits per heavy atom. The van der Waals surface area contributed by atoms with Crippen LogP contribution in [-0.2, 0) is 5.60 Å². The second kappa shape index (κ2) is 10.9. The number of aryl methyl sites for hydroxylation is 1. The molecular weight excluding hydrogens is 426 g/mol. The van der Waals surface area contributed by atoms with Gasteiger partial charge in [0.05, 0.1) is 13.2 Å². The maximum Gasteiger partial charge on any atom is 0.140 e. The van der Waals surface area contributed by atoms with E-state index in [-0.39, 0.29) is 13.2 Å². The maximum atomic E-state index is 12.4. The van der Waals surface area contributed by atoms with Crippen LogP contribution in [0, 0.1) is 6.92 Å². The summed E-state index contributed by atoms with van der Waals surface area (Å²) in [7, 11) is 7.98. The van der Waals surface area contributed by atoms with Gasteiger partial charge in [0.25, 0.3) is 0 Å². The van der Waals surface area contributed by atoms with Crippen LogP contribution in [0.4, 0.5) is 17.1 Å². The average molecular weight is 464 g/mol. The van der Waals surface area contributed by atoms with Crippen molar-refractivity contribution in [1.82, 2.24) is 0 Å². The highest BCUT2D eigenvalue weighted by molar-refractivity contribution is 5.59. The summed E-state index contributed by atoms with van der Waals surface area (Å²) in [6.45, 7) is 2.86. The summed E-state index contributed by atoms with van der Waals surface area (Å²) in [5.74, 6) is 0. The smallest absolute Gasteiger partial charge is 0.140 e. The Bertz CT molecular complexity index is 1010. The first-order valence-corrected chi connectivity index (χ1v) is 11.6. The Hall–Kier alpha value is -3.06. The molecule has 3 rings (SSSR count). The van der Waals surface area contributed by atoms with Crippen molar-refractivity contribution in [3.8, 4) is 0 Å². The number of anilines is 3. The van der Waals surface area contributed by atoms with Crippen LogP contribution >= 0.6 is 0 Å². The summed E-state index contributed by atoms with van der Waals surface area (Å²) in [5, 5.41) is 31.2. The Morgan fingerprint density at radius 1 is 0.647 bits per heavy atom. The third-order valence-electron chi connectivity index (χ3n) is 6.31. The van der Waals surface area contributed by atoms with Crippen LogP contribution in [0.5, 0.6) is 0 Å². The Balaban J connectivity index is 2.15. The van der Waals surface area contributed by atoms with Gasteiger partial charge in [-0.25, -0.2) is 0 Å². The van der Waals surface area contributed by atoms with Gasteiger partial charge in [-0.1, -0.05) is 30.3 Å². The van der Waals surface area contributed by atoms with Crippen molar-refractivity contribution >= 4 is 17.1 Å². The van der Waals surface area contributed by atoms with E-state index in [9.17, 15) is 15.3 Å². The minimum Gasteiger partial charge on any atom is -0.395 e. The summed E-state index contributed by atoms with van der Waals surface area (Å²) in [5.41, 5.74) is 4.96. The van der Waals surface area contributed by atoms with Crippen molar-refractivity contribution in [1.29, 1.82) is 0 Å². The molecular formula is C28H37N3O3. The third kappa shape index (κ3) is 5.20. The zero-order valence-corrected chi connectivity index (χ0v) is 20.9. The molecule has 182 valence electrons. The molecule has 0 unspecified atom stereocenters. The first-order chi connectivity index (χ1) is 16.2. The molecule has 0 aliphatic carbocycles. The van der Waals surface area contributed by atoms with Crippen LogP contribution in [0.15, 0.2) is 66.7 Å². The molecule has 0 saturated heterocycles. The molecule has 0 fully saturated rings. The van der Waals surface area contributed by atoms with Gasteiger partial charge in [-0.3, -0.25) is 0 Å². The van der Waals surface area contributed by atoms with Gasteiger partial charge >= 0.3 is 0 Å². The van der Waals surface area contributed by atoms with Crippen molar-refractivity contribution in [2.75, 3.05) is 69.2 Å². The number of benzene rings is 3. The predicted molar refractivity (Wildman–Crippen MR) is 141 cm³/mol. The van der Waals surface area contributed by atoms with Crippen molar-refractivity contribution < 1.29 is 15.3 Å². The molecule has 3 N–H and O–H groups in total. The number of hydrogen-bond acceptors (Lipinski definition) is 6. The number of hydrogen-bond donors (Lipinski definition) is 3. The number of aliphatic hydroxyl groups excluding tert-OH is 2. The van der Waals surface area contributed by atoms with Gasteiger partial charge < -0.3 is 30.0 Å². The average Bonchev–Trinajstić information content (AvgIpc) is 2.83. The fraction of sp³-hybridized carbons (Fsp3) is 0.357. The van der Waals surface area contributed by atoms with Gasteiger partial charge in [0.2, 0.25) is 0 Å². The molecule has 0 bridgehead atoms. The van der Waals surface area contributed by atoms with Gasteiger partial charge in [-0.2, -0.15) is 0 Å². The fourth-order valence-electron chi connectivity index (χ4n) is 4.34. The lowest BCUT2D eigenvalue weighted by Crippen LogP contribution is -2.32. The zero-order chi connectivity index (χ0) is 24.9. The molecule has 0 atom stereocenters. The second-order valence-corrected chi connectivity index (χ2v) is 9.03. The molecule has 3 aromatic rings. The van der Waals surface area contributed by atoms with E-state index in [1.165, 1.54) is 0 Å². The highest BCUT2D eigenvalue weighted by atomic mass is 16.3. The fourth-order valence-corrected chi connectivity index (χ4v) is 4.34. The van der Waals surface area contributed by atoms with Crippen LogP contribution in [-0.4, -0.2) is 69.8 Å². The van der Waals surface area contributed by atoms with Crippen molar-refractivity contribution in [3.63, 3.8) is 0 Å². The van der Waals surface area contributed by atoms with Crippen LogP contribution in [0.1, 0.15) is 22.3 Å². The Labute approximate surface area is 203 Å². The van der Waals surface area contributed by atoms with Gasteiger partial charge in [0.1, 0.15) is 5.60 Å². The van der Waals surface area contributed by atoms with Gasteiger partial charge in [0, 0.05) is 58.3 Å². The first-order valence-electron chi connectivity index (χ1n) is 11.6. The van der Waals surface area contributed by atoms with E-state index in [0.717, 1.165) is 39.3 Å². The lowest BCUT2D eigenvalue weighted by atomic mass is 9.78. The zero-order valence-electron chi connectivity index (χ0n) is 20.9. The Morgan fingerprint density at radius 3 is 1.41 bits per heavy atom. The lowest BCUT2D eigenvalue weighted by molar-refractivity contribution is 0.125. The van der Waals surface area contributed by atoms with E-state index in [0.29, 0.717) is 13.1 Å². The predicted octanol–water partition coefficient (Wildman–Crippen LogP) is 3.20. The quantitative estimate of drug-likeness (QED) is 0.401. The van der Waals surface area contributed by atoms with E-state index in [2.05, 4.69) is 0 Å². The standard InChI is InChI=1S/C28H37N3O3/c1-21-20-26(31(16-18-32)17-19-33)14-15-27(21)28(34,22-6-10-24(11-7-22)29(2)3)23-8-12-25(13-9-23)30(4)5/h6-15,20,32-34H,16-19H2,1-5H3. The van der Waals surface area contributed by atoms with Crippen LogP contribution in [0.25, 0.3) is 0 Å². The van der Waals surface area contributed by atoms with Gasteiger partial charge in [-0.15, -0.1) is 0 Å². The van der Waals surface area contributed by atoms with Crippen LogP contribution in [0.3, 0.4) is 0 Å². The molecule has 0 radical (unpaired) electrons. The first kappa shape index (κ1) is 25.6. The molecule has 0 saturated carbocycles. The number of aliphatic hydroxyl groups is 3. The SMILES string of the molecule is Cc1cc(N(CCO)CCO)ccc1C(O)(c1ccc(N(C)C)cc1)c1ccc(N(C)C)cc1. The van der Waals surface area contributed by atoms with Crippen molar-refractivity contribution in [2.24, 2.45) is 0 Å².